The maximum absolute atomic E-state index is 14.1. The number of methoxy groups -OCH3 is 2. The predicted octanol–water partition coefficient (Wildman–Crippen LogP) is 3.77. The Kier molecular flexibility index (Phi) is 5.04. The van der Waals surface area contributed by atoms with Crippen molar-refractivity contribution in [3.63, 3.8) is 0 Å². The Morgan fingerprint density at radius 2 is 1.67 bits per heavy atom. The summed E-state index contributed by atoms with van der Waals surface area (Å²) >= 11 is 5.81. The zero-order valence-corrected chi connectivity index (χ0v) is 12.5. The molecular formula is C16H16ClFO3. The zero-order valence-electron chi connectivity index (χ0n) is 11.8. The third-order valence-corrected chi connectivity index (χ3v) is 3.46. The number of aliphatic hydroxyl groups excluding tert-OH is 1. The van der Waals surface area contributed by atoms with Crippen LogP contribution in [0.2, 0.25) is 5.02 Å². The van der Waals surface area contributed by atoms with Gasteiger partial charge in [0.1, 0.15) is 5.82 Å². The van der Waals surface area contributed by atoms with Gasteiger partial charge in [-0.05, 0) is 23.8 Å². The minimum absolute atomic E-state index is 0.169. The van der Waals surface area contributed by atoms with E-state index in [0.717, 1.165) is 5.56 Å². The molecular weight excluding hydrogens is 295 g/mol. The molecule has 1 atom stereocenters. The molecule has 0 aliphatic heterocycles. The molecule has 2 rings (SSSR count). The third-order valence-electron chi connectivity index (χ3n) is 3.20. The molecule has 0 aliphatic carbocycles. The Morgan fingerprint density at radius 3 is 2.24 bits per heavy atom. The van der Waals surface area contributed by atoms with E-state index in [0.29, 0.717) is 10.8 Å². The van der Waals surface area contributed by atoms with Gasteiger partial charge in [-0.15, -0.1) is 0 Å². The minimum atomic E-state index is -0.981. The average Bonchev–Trinajstić information content (AvgIpc) is 2.49. The molecule has 1 unspecified atom stereocenters. The Balaban J connectivity index is 2.26. The number of hydrogen-bond acceptors (Lipinski definition) is 3. The highest BCUT2D eigenvalue weighted by Crippen LogP contribution is 2.33. The van der Waals surface area contributed by atoms with Crippen LogP contribution in [0, 0.1) is 5.82 Å². The summed E-state index contributed by atoms with van der Waals surface area (Å²) in [5.41, 5.74) is 1.03. The summed E-state index contributed by atoms with van der Waals surface area (Å²) in [5.74, 6) is 0.135. The van der Waals surface area contributed by atoms with Gasteiger partial charge in [-0.25, -0.2) is 4.39 Å². The molecule has 2 aromatic rings. The summed E-state index contributed by atoms with van der Waals surface area (Å²) < 4.78 is 24.2. The van der Waals surface area contributed by atoms with Gasteiger partial charge in [0.25, 0.3) is 0 Å². The van der Waals surface area contributed by atoms with E-state index < -0.39 is 11.9 Å². The molecule has 0 bridgehead atoms. The maximum Gasteiger partial charge on any atom is 0.163 e. The van der Waals surface area contributed by atoms with Crippen LogP contribution in [0.15, 0.2) is 36.4 Å². The largest absolute Gasteiger partial charge is 0.493 e. The Hall–Kier alpha value is -1.78. The van der Waals surface area contributed by atoms with E-state index in [1.165, 1.54) is 26.4 Å². The fourth-order valence-corrected chi connectivity index (χ4v) is 2.20. The van der Waals surface area contributed by atoms with Gasteiger partial charge >= 0.3 is 0 Å². The van der Waals surface area contributed by atoms with Crippen molar-refractivity contribution in [3.8, 4) is 11.5 Å². The second kappa shape index (κ2) is 6.78. The molecule has 2 aromatic carbocycles. The van der Waals surface area contributed by atoms with E-state index in [1.807, 2.05) is 0 Å². The number of halogens is 2. The maximum atomic E-state index is 14.1. The Labute approximate surface area is 127 Å². The van der Waals surface area contributed by atoms with Crippen LogP contribution in [0.1, 0.15) is 17.2 Å². The molecule has 0 saturated heterocycles. The van der Waals surface area contributed by atoms with Crippen molar-refractivity contribution >= 4 is 11.6 Å². The van der Waals surface area contributed by atoms with Crippen LogP contribution >= 0.6 is 11.6 Å². The van der Waals surface area contributed by atoms with Crippen molar-refractivity contribution in [2.24, 2.45) is 0 Å². The van der Waals surface area contributed by atoms with Gasteiger partial charge in [0.05, 0.1) is 20.3 Å². The van der Waals surface area contributed by atoms with Crippen LogP contribution in [0.3, 0.4) is 0 Å². The monoisotopic (exact) mass is 310 g/mol. The lowest BCUT2D eigenvalue weighted by atomic mass is 10.0. The van der Waals surface area contributed by atoms with Crippen molar-refractivity contribution in [1.82, 2.24) is 0 Å². The minimum Gasteiger partial charge on any atom is -0.493 e. The molecule has 5 heteroatoms. The number of aliphatic hydroxyl groups is 1. The summed E-state index contributed by atoms with van der Waals surface area (Å²) in [5, 5.41) is 10.9. The molecule has 0 radical (unpaired) electrons. The fourth-order valence-electron chi connectivity index (χ4n) is 2.08. The first-order chi connectivity index (χ1) is 10.0. The van der Waals surface area contributed by atoms with Crippen molar-refractivity contribution in [3.05, 3.63) is 58.4 Å². The number of ether oxygens (including phenoxy) is 2. The molecule has 1 N–H and O–H groups in total. The highest BCUT2D eigenvalue weighted by atomic mass is 35.5. The van der Waals surface area contributed by atoms with Gasteiger partial charge < -0.3 is 14.6 Å². The number of hydrogen-bond donors (Lipinski definition) is 1. The summed E-state index contributed by atoms with van der Waals surface area (Å²) in [6, 6.07) is 9.71. The van der Waals surface area contributed by atoms with E-state index in [4.69, 9.17) is 21.1 Å². The van der Waals surface area contributed by atoms with Gasteiger partial charge in [-0.3, -0.25) is 0 Å². The molecule has 112 valence electrons. The Morgan fingerprint density at radius 1 is 1.10 bits per heavy atom. The summed E-state index contributed by atoms with van der Waals surface area (Å²) in [6.07, 6.45) is -0.699. The van der Waals surface area contributed by atoms with E-state index in [2.05, 4.69) is 0 Å². The molecule has 0 saturated carbocycles. The molecule has 0 fully saturated rings. The number of rotatable bonds is 5. The normalized spacial score (nSPS) is 12.0. The molecule has 0 aromatic heterocycles. The van der Waals surface area contributed by atoms with Gasteiger partial charge in [0.2, 0.25) is 0 Å². The SMILES string of the molecule is COc1cc(F)c(C(O)Cc2ccc(Cl)cc2)cc1OC. The van der Waals surface area contributed by atoms with Crippen molar-refractivity contribution in [2.75, 3.05) is 14.2 Å². The van der Waals surface area contributed by atoms with Gasteiger partial charge in [-0.2, -0.15) is 0 Å². The standard InChI is InChI=1S/C16H16ClFO3/c1-20-15-8-12(13(18)9-16(15)21-2)14(19)7-10-3-5-11(17)6-4-10/h3-6,8-9,14,19H,7H2,1-2H3. The van der Waals surface area contributed by atoms with Crippen LogP contribution < -0.4 is 9.47 Å². The van der Waals surface area contributed by atoms with Crippen LogP contribution in [-0.4, -0.2) is 19.3 Å². The highest BCUT2D eigenvalue weighted by molar-refractivity contribution is 6.30. The first-order valence-corrected chi connectivity index (χ1v) is 6.77. The quantitative estimate of drug-likeness (QED) is 0.913. The van der Waals surface area contributed by atoms with E-state index >= 15 is 0 Å². The number of benzene rings is 2. The molecule has 0 spiro atoms. The van der Waals surface area contributed by atoms with Gasteiger partial charge in [0, 0.05) is 23.1 Å². The second-order valence-electron chi connectivity index (χ2n) is 4.58. The van der Waals surface area contributed by atoms with Gasteiger partial charge in [-0.1, -0.05) is 23.7 Å². The molecule has 0 aliphatic rings. The van der Waals surface area contributed by atoms with Gasteiger partial charge in [0.15, 0.2) is 11.5 Å². The second-order valence-corrected chi connectivity index (χ2v) is 5.01. The Bertz CT molecular complexity index is 614. The molecule has 0 amide bonds. The first kappa shape index (κ1) is 15.6. The molecule has 21 heavy (non-hydrogen) atoms. The van der Waals surface area contributed by atoms with Crippen LogP contribution in [0.5, 0.6) is 11.5 Å². The van der Waals surface area contributed by atoms with Crippen molar-refractivity contribution in [1.29, 1.82) is 0 Å². The average molecular weight is 311 g/mol. The topological polar surface area (TPSA) is 38.7 Å². The third kappa shape index (κ3) is 3.65. The first-order valence-electron chi connectivity index (χ1n) is 6.39. The van der Waals surface area contributed by atoms with E-state index in [1.54, 1.807) is 24.3 Å². The van der Waals surface area contributed by atoms with Crippen LogP contribution in [0.25, 0.3) is 0 Å². The lowest BCUT2D eigenvalue weighted by molar-refractivity contribution is 0.173. The summed E-state index contributed by atoms with van der Waals surface area (Å²) in [7, 11) is 2.90. The highest BCUT2D eigenvalue weighted by Gasteiger charge is 2.18. The lowest BCUT2D eigenvalue weighted by Gasteiger charge is -2.15. The van der Waals surface area contributed by atoms with Crippen molar-refractivity contribution in [2.45, 2.75) is 12.5 Å². The zero-order chi connectivity index (χ0) is 15.4. The van der Waals surface area contributed by atoms with Crippen molar-refractivity contribution < 1.29 is 19.0 Å². The summed E-state index contributed by atoms with van der Waals surface area (Å²) in [4.78, 5) is 0. The summed E-state index contributed by atoms with van der Waals surface area (Å²) in [6.45, 7) is 0. The smallest absolute Gasteiger partial charge is 0.163 e. The van der Waals surface area contributed by atoms with E-state index in [-0.39, 0.29) is 17.7 Å². The predicted molar refractivity (Wildman–Crippen MR) is 79.6 cm³/mol. The molecule has 3 nitrogen and oxygen atoms in total. The lowest BCUT2D eigenvalue weighted by Crippen LogP contribution is -2.06. The fraction of sp³-hybridized carbons (Fsp3) is 0.250. The van der Waals surface area contributed by atoms with E-state index in [9.17, 15) is 9.50 Å². The molecule has 0 heterocycles. The van der Waals surface area contributed by atoms with Crippen LogP contribution in [0.4, 0.5) is 4.39 Å². The van der Waals surface area contributed by atoms with Crippen LogP contribution in [-0.2, 0) is 6.42 Å².